The van der Waals surface area contributed by atoms with Gasteiger partial charge in [0.05, 0.1) is 16.9 Å². The lowest BCUT2D eigenvalue weighted by Gasteiger charge is -2.24. The first-order chi connectivity index (χ1) is 12.8. The number of hydrogen-bond donors (Lipinski definition) is 0. The summed E-state index contributed by atoms with van der Waals surface area (Å²) in [6.07, 6.45) is 2.70. The van der Waals surface area contributed by atoms with Crippen LogP contribution >= 0.6 is 0 Å². The molecule has 7 nitrogen and oxygen atoms in total. The third kappa shape index (κ3) is 3.34. The summed E-state index contributed by atoms with van der Waals surface area (Å²) in [5, 5.41) is 13.0. The van der Waals surface area contributed by atoms with Crippen LogP contribution in [0.15, 0.2) is 28.8 Å². The highest BCUT2D eigenvalue weighted by Gasteiger charge is 2.31. The van der Waals surface area contributed by atoms with Gasteiger partial charge in [0.1, 0.15) is 0 Å². The van der Waals surface area contributed by atoms with E-state index in [4.69, 9.17) is 4.52 Å². The Bertz CT molecular complexity index is 932. The Morgan fingerprint density at radius 3 is 2.56 bits per heavy atom. The Labute approximate surface area is 159 Å². The normalized spacial score (nSPS) is 17.0. The minimum Gasteiger partial charge on any atom is -0.378 e. The molecule has 1 unspecified atom stereocenters. The van der Waals surface area contributed by atoms with Crippen LogP contribution in [0, 0.1) is 0 Å². The average Bonchev–Trinajstić information content (AvgIpc) is 3.28. The highest BCUT2D eigenvalue weighted by Crippen LogP contribution is 2.33. The van der Waals surface area contributed by atoms with E-state index in [-0.39, 0.29) is 11.5 Å². The van der Waals surface area contributed by atoms with E-state index in [9.17, 15) is 0 Å². The van der Waals surface area contributed by atoms with Crippen LogP contribution < -0.4 is 4.90 Å². The second kappa shape index (κ2) is 6.48. The zero-order valence-electron chi connectivity index (χ0n) is 16.6. The van der Waals surface area contributed by atoms with Gasteiger partial charge in [-0.2, -0.15) is 4.98 Å². The van der Waals surface area contributed by atoms with E-state index in [1.807, 2.05) is 30.9 Å². The van der Waals surface area contributed by atoms with Crippen molar-refractivity contribution in [3.8, 4) is 11.4 Å². The van der Waals surface area contributed by atoms with Gasteiger partial charge in [-0.25, -0.2) is 4.68 Å². The SMILES string of the molecule is CN(C)c1ccc(-c2noc(C3CCc4c(nnn4C(C)(C)C)C3)n2)cc1. The highest BCUT2D eigenvalue weighted by atomic mass is 16.5. The molecule has 1 aromatic carbocycles. The fraction of sp³-hybridized carbons (Fsp3) is 0.500. The molecule has 0 saturated heterocycles. The summed E-state index contributed by atoms with van der Waals surface area (Å²) >= 11 is 0. The zero-order valence-corrected chi connectivity index (χ0v) is 16.6. The first kappa shape index (κ1) is 17.7. The summed E-state index contributed by atoms with van der Waals surface area (Å²) in [6, 6.07) is 8.17. The lowest BCUT2D eigenvalue weighted by molar-refractivity contribution is 0.320. The second-order valence-corrected chi connectivity index (χ2v) is 8.40. The Morgan fingerprint density at radius 2 is 1.89 bits per heavy atom. The van der Waals surface area contributed by atoms with Crippen molar-refractivity contribution >= 4 is 5.69 Å². The maximum absolute atomic E-state index is 5.60. The van der Waals surface area contributed by atoms with E-state index in [0.717, 1.165) is 36.2 Å². The maximum atomic E-state index is 5.60. The Balaban J connectivity index is 1.53. The molecule has 0 amide bonds. The summed E-state index contributed by atoms with van der Waals surface area (Å²) < 4.78 is 7.64. The molecular weight excluding hydrogens is 340 g/mol. The van der Waals surface area contributed by atoms with Gasteiger partial charge >= 0.3 is 0 Å². The number of anilines is 1. The van der Waals surface area contributed by atoms with Crippen LogP contribution in [-0.4, -0.2) is 39.2 Å². The van der Waals surface area contributed by atoms with Crippen LogP contribution in [0.5, 0.6) is 0 Å². The van der Waals surface area contributed by atoms with Gasteiger partial charge in [0.15, 0.2) is 0 Å². The molecule has 0 fully saturated rings. The Kier molecular flexibility index (Phi) is 4.25. The molecule has 3 aromatic rings. The number of fused-ring (bicyclic) bond motifs is 1. The Morgan fingerprint density at radius 1 is 1.15 bits per heavy atom. The van der Waals surface area contributed by atoms with Crippen molar-refractivity contribution in [2.24, 2.45) is 0 Å². The largest absolute Gasteiger partial charge is 0.378 e. The summed E-state index contributed by atoms with van der Waals surface area (Å²) in [7, 11) is 4.04. The fourth-order valence-corrected chi connectivity index (χ4v) is 3.56. The van der Waals surface area contributed by atoms with Crippen molar-refractivity contribution in [3.05, 3.63) is 41.5 Å². The van der Waals surface area contributed by atoms with Crippen molar-refractivity contribution in [1.29, 1.82) is 0 Å². The van der Waals surface area contributed by atoms with Crippen LogP contribution in [0.2, 0.25) is 0 Å². The van der Waals surface area contributed by atoms with Gasteiger partial charge in [0.25, 0.3) is 0 Å². The van der Waals surface area contributed by atoms with E-state index in [1.165, 1.54) is 5.69 Å². The van der Waals surface area contributed by atoms with Gasteiger partial charge < -0.3 is 9.42 Å². The molecule has 1 atom stereocenters. The predicted octanol–water partition coefficient (Wildman–Crippen LogP) is 3.42. The average molecular weight is 366 g/mol. The van der Waals surface area contributed by atoms with Crippen LogP contribution in [0.1, 0.15) is 50.4 Å². The lowest BCUT2D eigenvalue weighted by Crippen LogP contribution is -2.27. The molecule has 7 heteroatoms. The molecular formula is C20H26N6O. The van der Waals surface area contributed by atoms with Gasteiger partial charge in [-0.3, -0.25) is 0 Å². The monoisotopic (exact) mass is 366 g/mol. The summed E-state index contributed by atoms with van der Waals surface area (Å²) in [5.41, 5.74) is 4.34. The summed E-state index contributed by atoms with van der Waals surface area (Å²) in [4.78, 5) is 6.73. The van der Waals surface area contributed by atoms with Gasteiger partial charge in [-0.1, -0.05) is 10.4 Å². The van der Waals surface area contributed by atoms with Crippen LogP contribution in [0.3, 0.4) is 0 Å². The number of rotatable bonds is 3. The second-order valence-electron chi connectivity index (χ2n) is 8.40. The van der Waals surface area contributed by atoms with Crippen molar-refractivity contribution in [2.75, 3.05) is 19.0 Å². The fourth-order valence-electron chi connectivity index (χ4n) is 3.56. The number of aromatic nitrogens is 5. The number of benzene rings is 1. The van der Waals surface area contributed by atoms with Gasteiger partial charge in [-0.05, 0) is 57.9 Å². The zero-order chi connectivity index (χ0) is 19.2. The van der Waals surface area contributed by atoms with Crippen LogP contribution in [-0.2, 0) is 18.4 Å². The molecule has 1 aliphatic carbocycles. The molecule has 0 aliphatic heterocycles. The molecule has 27 heavy (non-hydrogen) atoms. The van der Waals surface area contributed by atoms with E-state index < -0.39 is 0 Å². The van der Waals surface area contributed by atoms with E-state index in [0.29, 0.717) is 11.7 Å². The van der Waals surface area contributed by atoms with Crippen molar-refractivity contribution in [2.45, 2.75) is 51.5 Å². The van der Waals surface area contributed by atoms with E-state index in [1.54, 1.807) is 0 Å². The molecule has 0 saturated carbocycles. The van der Waals surface area contributed by atoms with Crippen molar-refractivity contribution in [1.82, 2.24) is 25.1 Å². The third-order valence-corrected chi connectivity index (χ3v) is 5.08. The molecule has 2 heterocycles. The smallest absolute Gasteiger partial charge is 0.230 e. The summed E-state index contributed by atoms with van der Waals surface area (Å²) in [6.45, 7) is 6.46. The first-order valence-electron chi connectivity index (χ1n) is 9.38. The first-order valence-corrected chi connectivity index (χ1v) is 9.38. The highest BCUT2D eigenvalue weighted by molar-refractivity contribution is 5.59. The van der Waals surface area contributed by atoms with Gasteiger partial charge in [0.2, 0.25) is 11.7 Å². The molecule has 142 valence electrons. The van der Waals surface area contributed by atoms with Crippen LogP contribution in [0.25, 0.3) is 11.4 Å². The van der Waals surface area contributed by atoms with Crippen molar-refractivity contribution < 1.29 is 4.52 Å². The molecule has 0 bridgehead atoms. The standard InChI is InChI=1S/C20H26N6O/c1-20(2,3)26-17-11-8-14(12-16(17)22-24-26)19-21-18(23-27-19)13-6-9-15(10-7-13)25(4)5/h6-7,9-10,14H,8,11-12H2,1-5H3. The minimum absolute atomic E-state index is 0.0518. The topological polar surface area (TPSA) is 72.9 Å². The molecule has 2 aromatic heterocycles. The Hall–Kier alpha value is -2.70. The maximum Gasteiger partial charge on any atom is 0.230 e. The summed E-state index contributed by atoms with van der Waals surface area (Å²) in [5.74, 6) is 1.53. The molecule has 0 N–H and O–H groups in total. The molecule has 0 radical (unpaired) electrons. The quantitative estimate of drug-likeness (QED) is 0.707. The van der Waals surface area contributed by atoms with Gasteiger partial charge in [0, 0.05) is 37.7 Å². The number of nitrogens with zero attached hydrogens (tertiary/aromatic N) is 6. The lowest BCUT2D eigenvalue weighted by atomic mass is 9.89. The minimum atomic E-state index is -0.0518. The van der Waals surface area contributed by atoms with E-state index in [2.05, 4.69) is 58.3 Å². The third-order valence-electron chi connectivity index (χ3n) is 5.08. The molecule has 4 rings (SSSR count). The van der Waals surface area contributed by atoms with E-state index >= 15 is 0 Å². The van der Waals surface area contributed by atoms with Crippen LogP contribution in [0.4, 0.5) is 5.69 Å². The predicted molar refractivity (Wildman–Crippen MR) is 104 cm³/mol. The molecule has 0 spiro atoms. The van der Waals surface area contributed by atoms with Gasteiger partial charge in [-0.15, -0.1) is 5.10 Å². The molecule has 1 aliphatic rings. The van der Waals surface area contributed by atoms with Crippen molar-refractivity contribution in [3.63, 3.8) is 0 Å². The number of hydrogen-bond acceptors (Lipinski definition) is 6.